The first kappa shape index (κ1) is 20.3. The Labute approximate surface area is 151 Å². The predicted molar refractivity (Wildman–Crippen MR) is 91.3 cm³/mol. The minimum Gasteiger partial charge on any atom is -0.481 e. The smallest absolute Gasteiger partial charge is 0.305 e. The first-order chi connectivity index (χ1) is 12.2. The highest BCUT2D eigenvalue weighted by Crippen LogP contribution is 2.20. The lowest BCUT2D eigenvalue weighted by molar-refractivity contribution is -0.137. The van der Waals surface area contributed by atoms with Crippen molar-refractivity contribution in [1.29, 1.82) is 0 Å². The fourth-order valence-corrected chi connectivity index (χ4v) is 3.65. The molecule has 144 valence electrons. The van der Waals surface area contributed by atoms with Crippen molar-refractivity contribution in [2.75, 3.05) is 25.4 Å². The highest BCUT2D eigenvalue weighted by Gasteiger charge is 2.26. The predicted octanol–water partition coefficient (Wildman–Crippen LogP) is 1.72. The van der Waals surface area contributed by atoms with Gasteiger partial charge >= 0.3 is 5.97 Å². The van der Waals surface area contributed by atoms with Gasteiger partial charge in [-0.2, -0.15) is 0 Å². The molecule has 0 radical (unpaired) electrons. The van der Waals surface area contributed by atoms with E-state index in [9.17, 15) is 22.4 Å². The van der Waals surface area contributed by atoms with Crippen LogP contribution in [0, 0.1) is 5.82 Å². The van der Waals surface area contributed by atoms with Gasteiger partial charge in [-0.05, 0) is 31.0 Å². The number of carbonyl (C=O) groups excluding carboxylic acids is 1. The second-order valence-electron chi connectivity index (χ2n) is 6.08. The van der Waals surface area contributed by atoms with Crippen LogP contribution in [0.5, 0.6) is 0 Å². The summed E-state index contributed by atoms with van der Waals surface area (Å²) in [5, 5.41) is 8.89. The number of halogens is 1. The van der Waals surface area contributed by atoms with Gasteiger partial charge in [-0.3, -0.25) is 9.59 Å². The molecule has 0 aromatic heterocycles. The van der Waals surface area contributed by atoms with E-state index in [0.717, 1.165) is 31.0 Å². The SMILES string of the molecule is CCS(=O)(=O)c1ccc(F)c(C(=O)N(CCC(=O)O)CC2CCCO2)c1. The largest absolute Gasteiger partial charge is 0.481 e. The number of hydrogen-bond acceptors (Lipinski definition) is 5. The number of hydrogen-bond donors (Lipinski definition) is 1. The van der Waals surface area contributed by atoms with E-state index >= 15 is 0 Å². The van der Waals surface area contributed by atoms with Crippen molar-refractivity contribution in [2.45, 2.75) is 37.2 Å². The number of sulfone groups is 1. The molecular weight excluding hydrogens is 365 g/mol. The molecule has 1 aliphatic heterocycles. The van der Waals surface area contributed by atoms with Gasteiger partial charge in [0.25, 0.3) is 5.91 Å². The van der Waals surface area contributed by atoms with Gasteiger partial charge in [0.2, 0.25) is 0 Å². The summed E-state index contributed by atoms with van der Waals surface area (Å²) < 4.78 is 43.7. The third-order valence-corrected chi connectivity index (χ3v) is 5.97. The molecule has 0 saturated carbocycles. The van der Waals surface area contributed by atoms with Gasteiger partial charge in [-0.15, -0.1) is 0 Å². The fraction of sp³-hybridized carbons (Fsp3) is 0.529. The molecule has 1 aliphatic rings. The van der Waals surface area contributed by atoms with Gasteiger partial charge in [-0.1, -0.05) is 6.92 Å². The van der Waals surface area contributed by atoms with E-state index in [2.05, 4.69) is 0 Å². The normalized spacial score (nSPS) is 17.2. The lowest BCUT2D eigenvalue weighted by Crippen LogP contribution is -2.39. The highest BCUT2D eigenvalue weighted by molar-refractivity contribution is 7.91. The molecule has 7 nitrogen and oxygen atoms in total. The van der Waals surface area contributed by atoms with Gasteiger partial charge in [-0.25, -0.2) is 12.8 Å². The lowest BCUT2D eigenvalue weighted by Gasteiger charge is -2.25. The molecule has 1 heterocycles. The first-order valence-electron chi connectivity index (χ1n) is 8.39. The van der Waals surface area contributed by atoms with Crippen molar-refractivity contribution in [1.82, 2.24) is 4.90 Å². The average molecular weight is 387 g/mol. The summed E-state index contributed by atoms with van der Waals surface area (Å²) in [5.41, 5.74) is -0.386. The highest BCUT2D eigenvalue weighted by atomic mass is 32.2. The van der Waals surface area contributed by atoms with Crippen molar-refractivity contribution in [2.24, 2.45) is 0 Å². The number of rotatable bonds is 8. The van der Waals surface area contributed by atoms with Crippen molar-refractivity contribution in [3.8, 4) is 0 Å². The van der Waals surface area contributed by atoms with Gasteiger partial charge in [0, 0.05) is 19.7 Å². The van der Waals surface area contributed by atoms with Gasteiger partial charge in [0.1, 0.15) is 5.82 Å². The van der Waals surface area contributed by atoms with Gasteiger partial charge < -0.3 is 14.7 Å². The molecule has 1 aromatic rings. The molecule has 1 amide bonds. The Morgan fingerprint density at radius 3 is 2.69 bits per heavy atom. The zero-order valence-electron chi connectivity index (χ0n) is 14.5. The number of aliphatic carboxylic acids is 1. The molecular formula is C17H22FNO6S. The van der Waals surface area contributed by atoms with Crippen LogP contribution in [0.25, 0.3) is 0 Å². The van der Waals surface area contributed by atoms with Crippen molar-refractivity contribution in [3.05, 3.63) is 29.6 Å². The van der Waals surface area contributed by atoms with E-state index in [1.165, 1.54) is 11.8 Å². The van der Waals surface area contributed by atoms with Crippen molar-refractivity contribution >= 4 is 21.7 Å². The van der Waals surface area contributed by atoms with E-state index in [1.54, 1.807) is 0 Å². The quantitative estimate of drug-likeness (QED) is 0.682. The maximum absolute atomic E-state index is 14.2. The number of carboxylic acid groups (broad SMARTS) is 1. The van der Waals surface area contributed by atoms with Crippen LogP contribution in [0.15, 0.2) is 23.1 Å². The average Bonchev–Trinajstić information content (AvgIpc) is 3.11. The number of ether oxygens (including phenoxy) is 1. The zero-order chi connectivity index (χ0) is 19.3. The van der Waals surface area contributed by atoms with Gasteiger partial charge in [0.05, 0.1) is 28.7 Å². The van der Waals surface area contributed by atoms with E-state index < -0.39 is 27.5 Å². The monoisotopic (exact) mass is 387 g/mol. The van der Waals surface area contributed by atoms with E-state index in [1.807, 2.05) is 0 Å². The second kappa shape index (κ2) is 8.59. The Kier molecular flexibility index (Phi) is 6.71. The summed E-state index contributed by atoms with van der Waals surface area (Å²) in [6.07, 6.45) is 1.03. The number of nitrogens with zero attached hydrogens (tertiary/aromatic N) is 1. The number of carbonyl (C=O) groups is 2. The van der Waals surface area contributed by atoms with Gasteiger partial charge in [0.15, 0.2) is 9.84 Å². The Morgan fingerprint density at radius 1 is 1.38 bits per heavy atom. The Hall–Kier alpha value is -2.00. The second-order valence-corrected chi connectivity index (χ2v) is 8.35. The van der Waals surface area contributed by atoms with Crippen LogP contribution in [-0.2, 0) is 19.4 Å². The third-order valence-electron chi connectivity index (χ3n) is 4.24. The molecule has 2 rings (SSSR count). The minimum atomic E-state index is -3.60. The summed E-state index contributed by atoms with van der Waals surface area (Å²) in [5.74, 6) is -2.85. The zero-order valence-corrected chi connectivity index (χ0v) is 15.3. The molecule has 1 unspecified atom stereocenters. The van der Waals surface area contributed by atoms with Crippen molar-refractivity contribution in [3.63, 3.8) is 0 Å². The number of benzene rings is 1. The molecule has 1 fully saturated rings. The Balaban J connectivity index is 2.30. The fourth-order valence-electron chi connectivity index (χ4n) is 2.74. The first-order valence-corrected chi connectivity index (χ1v) is 10.0. The molecule has 26 heavy (non-hydrogen) atoms. The van der Waals surface area contributed by atoms with Crippen LogP contribution in [0.4, 0.5) is 4.39 Å². The van der Waals surface area contributed by atoms with Crippen LogP contribution in [0.2, 0.25) is 0 Å². The van der Waals surface area contributed by atoms with E-state index in [4.69, 9.17) is 9.84 Å². The molecule has 9 heteroatoms. The molecule has 1 saturated heterocycles. The maximum Gasteiger partial charge on any atom is 0.305 e. The topological polar surface area (TPSA) is 101 Å². The Morgan fingerprint density at radius 2 is 2.12 bits per heavy atom. The summed E-state index contributed by atoms with van der Waals surface area (Å²) in [6.45, 7) is 2.04. The van der Waals surface area contributed by atoms with Crippen LogP contribution < -0.4 is 0 Å². The molecule has 1 aromatic carbocycles. The summed E-state index contributed by atoms with van der Waals surface area (Å²) in [7, 11) is -3.60. The summed E-state index contributed by atoms with van der Waals surface area (Å²) >= 11 is 0. The minimum absolute atomic E-state index is 0.113. The van der Waals surface area contributed by atoms with E-state index in [0.29, 0.717) is 6.61 Å². The molecule has 0 aliphatic carbocycles. The summed E-state index contributed by atoms with van der Waals surface area (Å²) in [4.78, 5) is 24.7. The molecule has 0 spiro atoms. The lowest BCUT2D eigenvalue weighted by atomic mass is 10.1. The number of amides is 1. The molecule has 1 N–H and O–H groups in total. The van der Waals surface area contributed by atoms with E-state index in [-0.39, 0.29) is 41.8 Å². The van der Waals surface area contributed by atoms with Crippen LogP contribution >= 0.6 is 0 Å². The van der Waals surface area contributed by atoms with Crippen LogP contribution in [0.3, 0.4) is 0 Å². The van der Waals surface area contributed by atoms with Crippen LogP contribution in [-0.4, -0.2) is 61.9 Å². The Bertz CT molecular complexity index is 773. The van der Waals surface area contributed by atoms with Crippen LogP contribution in [0.1, 0.15) is 36.5 Å². The molecule has 0 bridgehead atoms. The number of carboxylic acids is 1. The summed E-state index contributed by atoms with van der Waals surface area (Å²) in [6, 6.07) is 3.07. The molecule has 1 atom stereocenters. The maximum atomic E-state index is 14.2. The third kappa shape index (κ3) is 5.01. The standard InChI is InChI=1S/C17H22FNO6S/c1-2-26(23,24)13-5-6-15(18)14(10-13)17(22)19(8-7-16(20)21)11-12-4-3-9-25-12/h5-6,10,12H,2-4,7-9,11H2,1H3,(H,20,21). The van der Waals surface area contributed by atoms with Crippen molar-refractivity contribution < 1.29 is 32.2 Å².